The average Bonchev–Trinajstić information content (AvgIpc) is 3.41. The van der Waals surface area contributed by atoms with E-state index >= 15 is 4.39 Å². The minimum Gasteiger partial charge on any atom is -0.462 e. The predicted molar refractivity (Wildman–Crippen MR) is 137 cm³/mol. The molecule has 3 fully saturated rings. The molecule has 4 heterocycles. The van der Waals surface area contributed by atoms with Crippen LogP contribution in [-0.4, -0.2) is 62.0 Å². The summed E-state index contributed by atoms with van der Waals surface area (Å²) in [4.78, 5) is 19.1. The summed E-state index contributed by atoms with van der Waals surface area (Å²) in [6, 6.07) is 12.3. The monoisotopic (exact) mass is 527 g/mol. The topological polar surface area (TPSA) is 78.6 Å². The number of aliphatic hydroxyl groups is 1. The number of nitrogens with zero attached hydrogens (tertiary/aromatic N) is 3. The summed E-state index contributed by atoms with van der Waals surface area (Å²) in [7, 11) is 0. The lowest BCUT2D eigenvalue weighted by Gasteiger charge is -2.30. The van der Waals surface area contributed by atoms with E-state index in [0.717, 1.165) is 18.8 Å². The average molecular weight is 528 g/mol. The highest BCUT2D eigenvalue weighted by Crippen LogP contribution is 2.52. The number of rotatable bonds is 8. The van der Waals surface area contributed by atoms with Gasteiger partial charge in [-0.3, -0.25) is 9.80 Å². The van der Waals surface area contributed by atoms with E-state index in [2.05, 4.69) is 4.90 Å². The Morgan fingerprint density at radius 1 is 1.14 bits per heavy atom. The molecule has 6 rings (SSSR count). The molecule has 0 spiro atoms. The van der Waals surface area contributed by atoms with Crippen LogP contribution in [0.2, 0.25) is 0 Å². The summed E-state index contributed by atoms with van der Waals surface area (Å²) in [5, 5.41) is 11.6. The molecule has 37 heavy (non-hydrogen) atoms. The molecule has 1 N–H and O–H groups in total. The molecule has 1 saturated carbocycles. The number of ether oxygens (including phenoxy) is 2. The van der Waals surface area contributed by atoms with Crippen LogP contribution in [0.5, 0.6) is 5.06 Å². The molecule has 2 saturated heterocycles. The van der Waals surface area contributed by atoms with Crippen molar-refractivity contribution in [3.63, 3.8) is 0 Å². The lowest BCUT2D eigenvalue weighted by Crippen LogP contribution is -2.38. The van der Waals surface area contributed by atoms with Crippen LogP contribution in [0.15, 0.2) is 52.3 Å². The third-order valence-corrected chi connectivity index (χ3v) is 8.34. The Balaban J connectivity index is 1.14. The van der Waals surface area contributed by atoms with Crippen molar-refractivity contribution in [2.45, 2.75) is 13.2 Å². The third-order valence-electron chi connectivity index (χ3n) is 7.59. The SMILES string of the molecule is O=C(Oc1cccs1)N(CC1C2CN(Cc3ccc(CO)o3)CC21)c1ccc(N2CCOCC2)c(F)c1. The van der Waals surface area contributed by atoms with Gasteiger partial charge in [-0.1, -0.05) is 0 Å². The van der Waals surface area contributed by atoms with Crippen LogP contribution in [0.3, 0.4) is 0 Å². The van der Waals surface area contributed by atoms with Gasteiger partial charge in [0.25, 0.3) is 0 Å². The number of hydrogen-bond acceptors (Lipinski definition) is 8. The second-order valence-electron chi connectivity index (χ2n) is 9.86. The van der Waals surface area contributed by atoms with Gasteiger partial charge in [-0.2, -0.15) is 0 Å². The normalized spacial score (nSPS) is 23.2. The molecule has 10 heteroatoms. The Labute approximate surface area is 218 Å². The van der Waals surface area contributed by atoms with Crippen molar-refractivity contribution in [1.82, 2.24) is 4.90 Å². The molecule has 2 atom stereocenters. The Hall–Kier alpha value is -2.92. The van der Waals surface area contributed by atoms with Gasteiger partial charge in [0, 0.05) is 32.7 Å². The molecule has 8 nitrogen and oxygen atoms in total. The number of fused-ring (bicyclic) bond motifs is 1. The zero-order chi connectivity index (χ0) is 25.4. The van der Waals surface area contributed by atoms with Crippen LogP contribution in [0.1, 0.15) is 11.5 Å². The van der Waals surface area contributed by atoms with Crippen LogP contribution in [0.25, 0.3) is 0 Å². The molecular weight excluding hydrogens is 497 g/mol. The van der Waals surface area contributed by atoms with Crippen LogP contribution in [0.4, 0.5) is 20.6 Å². The van der Waals surface area contributed by atoms with E-state index in [4.69, 9.17) is 13.9 Å². The van der Waals surface area contributed by atoms with E-state index < -0.39 is 6.09 Å². The van der Waals surface area contributed by atoms with Crippen molar-refractivity contribution in [3.05, 3.63) is 65.2 Å². The summed E-state index contributed by atoms with van der Waals surface area (Å²) >= 11 is 1.35. The highest BCUT2D eigenvalue weighted by Gasteiger charge is 2.56. The van der Waals surface area contributed by atoms with Gasteiger partial charge in [0.1, 0.15) is 23.9 Å². The third kappa shape index (κ3) is 5.24. The molecule has 2 aliphatic heterocycles. The number of carbonyl (C=O) groups is 1. The maximum Gasteiger partial charge on any atom is 0.420 e. The smallest absolute Gasteiger partial charge is 0.420 e. The second kappa shape index (κ2) is 10.4. The largest absolute Gasteiger partial charge is 0.462 e. The maximum atomic E-state index is 15.2. The number of carbonyl (C=O) groups excluding carboxylic acids is 1. The number of likely N-dealkylation sites (tertiary alicyclic amines) is 1. The summed E-state index contributed by atoms with van der Waals surface area (Å²) in [5.74, 6) is 2.35. The molecule has 1 aliphatic carbocycles. The molecule has 2 unspecified atom stereocenters. The van der Waals surface area contributed by atoms with E-state index in [1.54, 1.807) is 23.1 Å². The lowest BCUT2D eigenvalue weighted by atomic mass is 10.2. The molecule has 1 amide bonds. The van der Waals surface area contributed by atoms with E-state index in [1.165, 1.54) is 17.4 Å². The van der Waals surface area contributed by atoms with E-state index in [1.807, 2.05) is 28.5 Å². The van der Waals surface area contributed by atoms with Gasteiger partial charge in [-0.25, -0.2) is 9.18 Å². The fraction of sp³-hybridized carbons (Fsp3) is 0.444. The molecule has 0 bridgehead atoms. The van der Waals surface area contributed by atoms with Gasteiger partial charge in [0.15, 0.2) is 5.06 Å². The highest BCUT2D eigenvalue weighted by atomic mass is 32.1. The minimum atomic E-state index is -0.491. The van der Waals surface area contributed by atoms with Crippen molar-refractivity contribution in [2.75, 3.05) is 55.7 Å². The Kier molecular flexibility index (Phi) is 6.90. The minimum absolute atomic E-state index is 0.0985. The zero-order valence-corrected chi connectivity index (χ0v) is 21.2. The fourth-order valence-electron chi connectivity index (χ4n) is 5.63. The van der Waals surface area contributed by atoms with Crippen molar-refractivity contribution in [3.8, 4) is 5.06 Å². The number of hydrogen-bond donors (Lipinski definition) is 1. The molecule has 3 aliphatic rings. The summed E-state index contributed by atoms with van der Waals surface area (Å²) in [5.41, 5.74) is 1.03. The van der Waals surface area contributed by atoms with Crippen molar-refractivity contribution in [2.24, 2.45) is 17.8 Å². The number of piperidine rings is 1. The molecular formula is C27H30FN3O5S. The molecule has 1 aromatic carbocycles. The first-order chi connectivity index (χ1) is 18.1. The van der Waals surface area contributed by atoms with Gasteiger partial charge in [0.2, 0.25) is 0 Å². The van der Waals surface area contributed by atoms with E-state index in [0.29, 0.717) is 79.3 Å². The highest BCUT2D eigenvalue weighted by molar-refractivity contribution is 7.11. The number of amides is 1. The lowest BCUT2D eigenvalue weighted by molar-refractivity contribution is 0.122. The van der Waals surface area contributed by atoms with Crippen molar-refractivity contribution < 1.29 is 28.2 Å². The predicted octanol–water partition coefficient (Wildman–Crippen LogP) is 4.19. The van der Waals surface area contributed by atoms with E-state index in [-0.39, 0.29) is 12.4 Å². The summed E-state index contributed by atoms with van der Waals surface area (Å²) in [6.45, 7) is 5.36. The van der Waals surface area contributed by atoms with Gasteiger partial charge in [-0.05, 0) is 65.6 Å². The number of aliphatic hydroxyl groups excluding tert-OH is 1. The maximum absolute atomic E-state index is 15.2. The quantitative estimate of drug-likeness (QED) is 0.471. The van der Waals surface area contributed by atoms with Crippen molar-refractivity contribution >= 4 is 28.8 Å². The van der Waals surface area contributed by atoms with Crippen molar-refractivity contribution in [1.29, 1.82) is 0 Å². The van der Waals surface area contributed by atoms with Crippen LogP contribution >= 0.6 is 11.3 Å². The van der Waals surface area contributed by atoms with Gasteiger partial charge in [-0.15, -0.1) is 11.3 Å². The van der Waals surface area contributed by atoms with Gasteiger partial charge in [0.05, 0.1) is 31.1 Å². The first-order valence-corrected chi connectivity index (χ1v) is 13.5. The molecule has 196 valence electrons. The number of morpholine rings is 1. The number of benzene rings is 1. The Morgan fingerprint density at radius 2 is 1.92 bits per heavy atom. The number of furan rings is 1. The number of thiophene rings is 1. The Morgan fingerprint density at radius 3 is 2.59 bits per heavy atom. The second-order valence-corrected chi connectivity index (χ2v) is 10.8. The van der Waals surface area contributed by atoms with E-state index in [9.17, 15) is 9.90 Å². The molecule has 3 aromatic rings. The summed E-state index contributed by atoms with van der Waals surface area (Å²) in [6.07, 6.45) is -0.491. The number of anilines is 2. The van der Waals surface area contributed by atoms with Crippen LogP contribution in [-0.2, 0) is 17.9 Å². The fourth-order valence-corrected chi connectivity index (χ4v) is 6.20. The van der Waals surface area contributed by atoms with Gasteiger partial charge < -0.3 is 23.9 Å². The molecule has 2 aromatic heterocycles. The first kappa shape index (κ1) is 24.4. The van der Waals surface area contributed by atoms with Crippen LogP contribution < -0.4 is 14.5 Å². The Bertz CT molecular complexity index is 1220. The summed E-state index contributed by atoms with van der Waals surface area (Å²) < 4.78 is 31.9. The first-order valence-electron chi connectivity index (χ1n) is 12.6. The van der Waals surface area contributed by atoms with Gasteiger partial charge >= 0.3 is 6.09 Å². The van der Waals surface area contributed by atoms with Crippen LogP contribution in [0, 0.1) is 23.6 Å². The standard InChI is InChI=1S/C27H30FN3O5S/c28-24-12-18(3-6-25(24)30-7-9-34-10-8-30)31(27(33)36-26-2-1-11-37-26)16-23-21-14-29(15-22(21)23)13-19-4-5-20(17-32)35-19/h1-6,11-12,21-23,32H,7-10,13-17H2. The molecule has 0 radical (unpaired) electrons. The number of halogens is 1. The zero-order valence-electron chi connectivity index (χ0n) is 20.4.